The fourth-order valence-corrected chi connectivity index (χ4v) is 3.23. The van der Waals surface area contributed by atoms with Crippen molar-refractivity contribution < 1.29 is 14.3 Å². The van der Waals surface area contributed by atoms with Gasteiger partial charge in [0.1, 0.15) is 11.3 Å². The molecule has 0 radical (unpaired) electrons. The van der Waals surface area contributed by atoms with E-state index in [9.17, 15) is 9.59 Å². The Balaban J connectivity index is 1.52. The fraction of sp³-hybridized carbons (Fsp3) is 0.474. The minimum absolute atomic E-state index is 0.159. The van der Waals surface area contributed by atoms with Crippen molar-refractivity contribution in [2.75, 3.05) is 19.6 Å². The predicted molar refractivity (Wildman–Crippen MR) is 102 cm³/mol. The highest BCUT2D eigenvalue weighted by Gasteiger charge is 2.30. The van der Waals surface area contributed by atoms with E-state index in [2.05, 4.69) is 10.3 Å². The Bertz CT molecular complexity index is 825. The van der Waals surface area contributed by atoms with Crippen LogP contribution in [-0.4, -0.2) is 47.1 Å². The van der Waals surface area contributed by atoms with Crippen LogP contribution in [0.4, 0.5) is 4.79 Å². The van der Waals surface area contributed by atoms with Gasteiger partial charge in [-0.2, -0.15) is 0 Å². The molecule has 1 fully saturated rings. The lowest BCUT2D eigenvalue weighted by atomic mass is 10.1. The molecule has 0 saturated carbocycles. The number of fused-ring (bicyclic) bond motifs is 1. The number of H-pyrrole nitrogens is 1. The van der Waals surface area contributed by atoms with Gasteiger partial charge in [0.05, 0.1) is 0 Å². The monoisotopic (exact) mass is 377 g/mol. The number of carbonyl (C=O) groups is 2. The molecular formula is C19H24ClN3O3. The standard InChI is InChI=1S/C19H24ClN3O3/c1-19(2,3)26-18(25)23-7-6-12(11-23)10-21-17(24)16-9-13-8-14(20)4-5-15(13)22-16/h4-5,8-9,12,22H,6-7,10-11H2,1-3H3,(H,21,24)/t12-/m1/s1. The summed E-state index contributed by atoms with van der Waals surface area (Å²) in [6.45, 7) is 7.33. The lowest BCUT2D eigenvalue weighted by Crippen LogP contribution is -2.36. The van der Waals surface area contributed by atoms with Crippen LogP contribution in [0.15, 0.2) is 24.3 Å². The van der Waals surface area contributed by atoms with E-state index in [1.807, 2.05) is 32.9 Å². The quantitative estimate of drug-likeness (QED) is 0.854. The summed E-state index contributed by atoms with van der Waals surface area (Å²) in [7, 11) is 0. The average molecular weight is 378 g/mol. The lowest BCUT2D eigenvalue weighted by Gasteiger charge is -2.24. The van der Waals surface area contributed by atoms with E-state index in [1.165, 1.54) is 0 Å². The summed E-state index contributed by atoms with van der Waals surface area (Å²) in [5.41, 5.74) is 0.878. The molecule has 0 spiro atoms. The first-order chi connectivity index (χ1) is 12.2. The minimum atomic E-state index is -0.498. The van der Waals surface area contributed by atoms with Gasteiger partial charge in [-0.1, -0.05) is 11.6 Å². The van der Waals surface area contributed by atoms with Crippen molar-refractivity contribution in [2.24, 2.45) is 5.92 Å². The van der Waals surface area contributed by atoms with Gasteiger partial charge in [-0.05, 0) is 57.4 Å². The lowest BCUT2D eigenvalue weighted by molar-refractivity contribution is 0.0288. The highest BCUT2D eigenvalue weighted by atomic mass is 35.5. The van der Waals surface area contributed by atoms with Crippen molar-refractivity contribution in [2.45, 2.75) is 32.8 Å². The molecule has 2 N–H and O–H groups in total. The number of likely N-dealkylation sites (tertiary alicyclic amines) is 1. The van der Waals surface area contributed by atoms with Crippen molar-refractivity contribution >= 4 is 34.5 Å². The van der Waals surface area contributed by atoms with Crippen molar-refractivity contribution in [3.8, 4) is 0 Å². The molecule has 2 amide bonds. The minimum Gasteiger partial charge on any atom is -0.444 e. The number of aromatic amines is 1. The smallest absolute Gasteiger partial charge is 0.410 e. The average Bonchev–Trinajstić information content (AvgIpc) is 3.17. The molecule has 1 saturated heterocycles. The van der Waals surface area contributed by atoms with Gasteiger partial charge < -0.3 is 19.9 Å². The summed E-state index contributed by atoms with van der Waals surface area (Å²) in [4.78, 5) is 29.3. The van der Waals surface area contributed by atoms with Gasteiger partial charge in [0, 0.05) is 35.6 Å². The second-order valence-electron chi connectivity index (χ2n) is 7.71. The van der Waals surface area contributed by atoms with Crippen molar-refractivity contribution in [3.05, 3.63) is 35.0 Å². The van der Waals surface area contributed by atoms with Crippen LogP contribution < -0.4 is 5.32 Å². The maximum atomic E-state index is 12.4. The molecule has 1 aromatic carbocycles. The first kappa shape index (κ1) is 18.6. The molecule has 26 heavy (non-hydrogen) atoms. The number of hydrogen-bond acceptors (Lipinski definition) is 3. The number of benzene rings is 1. The highest BCUT2D eigenvalue weighted by Crippen LogP contribution is 2.21. The molecule has 6 nitrogen and oxygen atoms in total. The maximum absolute atomic E-state index is 12.4. The van der Waals surface area contributed by atoms with Gasteiger partial charge in [-0.25, -0.2) is 4.79 Å². The van der Waals surface area contributed by atoms with E-state index in [0.717, 1.165) is 17.3 Å². The topological polar surface area (TPSA) is 74.4 Å². The zero-order valence-corrected chi connectivity index (χ0v) is 16.0. The van der Waals surface area contributed by atoms with Crippen molar-refractivity contribution in [1.29, 1.82) is 0 Å². The fourth-order valence-electron chi connectivity index (χ4n) is 3.05. The van der Waals surface area contributed by atoms with Gasteiger partial charge in [0.15, 0.2) is 0 Å². The van der Waals surface area contributed by atoms with E-state index in [4.69, 9.17) is 16.3 Å². The van der Waals surface area contributed by atoms with Gasteiger partial charge in [0.25, 0.3) is 5.91 Å². The summed E-state index contributed by atoms with van der Waals surface area (Å²) >= 11 is 5.98. The Hall–Kier alpha value is -2.21. The van der Waals surface area contributed by atoms with Crippen LogP contribution in [0.3, 0.4) is 0 Å². The predicted octanol–water partition coefficient (Wildman–Crippen LogP) is 3.81. The largest absolute Gasteiger partial charge is 0.444 e. The molecule has 140 valence electrons. The van der Waals surface area contributed by atoms with Gasteiger partial charge in [0.2, 0.25) is 0 Å². The summed E-state index contributed by atoms with van der Waals surface area (Å²) in [6, 6.07) is 7.24. The van der Waals surface area contributed by atoms with Crippen LogP contribution in [0.5, 0.6) is 0 Å². The Kier molecular flexibility index (Phi) is 5.14. The molecule has 1 aliphatic heterocycles. The molecule has 3 rings (SSSR count). The molecule has 1 aliphatic rings. The van der Waals surface area contributed by atoms with E-state index < -0.39 is 5.60 Å². The van der Waals surface area contributed by atoms with Gasteiger partial charge in [-0.15, -0.1) is 0 Å². The second-order valence-corrected chi connectivity index (χ2v) is 8.14. The third-order valence-electron chi connectivity index (χ3n) is 4.32. The van der Waals surface area contributed by atoms with Crippen LogP contribution in [0.25, 0.3) is 10.9 Å². The zero-order chi connectivity index (χ0) is 18.9. The van der Waals surface area contributed by atoms with E-state index >= 15 is 0 Å². The van der Waals surface area contributed by atoms with Crippen LogP contribution in [0, 0.1) is 5.92 Å². The normalized spacial score (nSPS) is 17.5. The van der Waals surface area contributed by atoms with Crippen LogP contribution >= 0.6 is 11.6 Å². The Labute approximate surface area is 157 Å². The molecule has 0 unspecified atom stereocenters. The van der Waals surface area contributed by atoms with Gasteiger partial charge >= 0.3 is 6.09 Å². The summed E-state index contributed by atoms with van der Waals surface area (Å²) in [6.07, 6.45) is 0.556. The van der Waals surface area contributed by atoms with E-state index in [-0.39, 0.29) is 17.9 Å². The molecule has 0 bridgehead atoms. The second kappa shape index (κ2) is 7.19. The number of nitrogens with one attached hydrogen (secondary N) is 2. The van der Waals surface area contributed by atoms with Crippen LogP contribution in [0.2, 0.25) is 5.02 Å². The molecule has 2 heterocycles. The highest BCUT2D eigenvalue weighted by molar-refractivity contribution is 6.31. The van der Waals surface area contributed by atoms with Gasteiger partial charge in [-0.3, -0.25) is 4.79 Å². The third kappa shape index (κ3) is 4.49. The Morgan fingerprint density at radius 3 is 2.85 bits per heavy atom. The Morgan fingerprint density at radius 2 is 2.12 bits per heavy atom. The van der Waals surface area contributed by atoms with Crippen LogP contribution in [0.1, 0.15) is 37.7 Å². The van der Waals surface area contributed by atoms with Crippen molar-refractivity contribution in [1.82, 2.24) is 15.2 Å². The number of carbonyl (C=O) groups excluding carboxylic acids is 2. The molecule has 0 aliphatic carbocycles. The number of halogens is 1. The SMILES string of the molecule is CC(C)(C)OC(=O)N1CC[C@H](CNC(=O)c2cc3cc(Cl)ccc3[nH]2)C1. The Morgan fingerprint density at radius 1 is 1.35 bits per heavy atom. The maximum Gasteiger partial charge on any atom is 0.410 e. The van der Waals surface area contributed by atoms with E-state index in [0.29, 0.717) is 30.4 Å². The first-order valence-electron chi connectivity index (χ1n) is 8.76. The summed E-state index contributed by atoms with van der Waals surface area (Å²) < 4.78 is 5.39. The first-order valence-corrected chi connectivity index (χ1v) is 9.13. The third-order valence-corrected chi connectivity index (χ3v) is 4.55. The molecule has 7 heteroatoms. The number of ether oxygens (including phenoxy) is 1. The number of hydrogen-bond donors (Lipinski definition) is 2. The number of aromatic nitrogens is 1. The summed E-state index contributed by atoms with van der Waals surface area (Å²) in [5.74, 6) is 0.0679. The van der Waals surface area contributed by atoms with Crippen LogP contribution in [-0.2, 0) is 4.74 Å². The molecule has 2 aromatic rings. The van der Waals surface area contributed by atoms with E-state index in [1.54, 1.807) is 17.0 Å². The van der Waals surface area contributed by atoms with Crippen molar-refractivity contribution in [3.63, 3.8) is 0 Å². The number of nitrogens with zero attached hydrogens (tertiary/aromatic N) is 1. The molecule has 1 aromatic heterocycles. The molecule has 1 atom stereocenters. The molecular weight excluding hydrogens is 354 g/mol. The number of amides is 2. The zero-order valence-electron chi connectivity index (χ0n) is 15.3. The number of rotatable bonds is 3. The summed E-state index contributed by atoms with van der Waals surface area (Å²) in [5, 5.41) is 4.48.